The van der Waals surface area contributed by atoms with E-state index in [2.05, 4.69) is 4.98 Å². The van der Waals surface area contributed by atoms with Gasteiger partial charge >= 0.3 is 6.18 Å². The van der Waals surface area contributed by atoms with Gasteiger partial charge in [-0.25, -0.2) is 4.98 Å². The molecule has 0 saturated carbocycles. The minimum atomic E-state index is -4.68. The second-order valence-electron chi connectivity index (χ2n) is 6.59. The summed E-state index contributed by atoms with van der Waals surface area (Å²) in [4.78, 5) is 17.2. The number of anilines is 2. The zero-order valence-corrected chi connectivity index (χ0v) is 16.0. The Morgan fingerprint density at radius 2 is 1.53 bits per heavy atom. The van der Waals surface area contributed by atoms with Crippen molar-refractivity contribution in [1.29, 1.82) is 0 Å². The van der Waals surface area contributed by atoms with Crippen LogP contribution in [0.5, 0.6) is 0 Å². The van der Waals surface area contributed by atoms with E-state index in [0.29, 0.717) is 22.0 Å². The van der Waals surface area contributed by atoms with Gasteiger partial charge in [0, 0.05) is 16.1 Å². The summed E-state index contributed by atoms with van der Waals surface area (Å²) in [7, 11) is 0. The molecule has 0 radical (unpaired) electrons. The number of fused-ring (bicyclic) bond motifs is 1. The van der Waals surface area contributed by atoms with Crippen LogP contribution < -0.4 is 17.0 Å². The molecule has 5 nitrogen and oxygen atoms in total. The Morgan fingerprint density at radius 3 is 2.13 bits per heavy atom. The maximum Gasteiger partial charge on any atom is 0.433 e. The van der Waals surface area contributed by atoms with Gasteiger partial charge in [0.2, 0.25) is 0 Å². The Kier molecular flexibility index (Phi) is 4.66. The first kappa shape index (κ1) is 19.8. The van der Waals surface area contributed by atoms with Crippen molar-refractivity contribution in [2.24, 2.45) is 0 Å². The molecule has 0 saturated heterocycles. The molecule has 0 amide bonds. The number of hydrogen-bond acceptors (Lipinski definition) is 4. The highest BCUT2D eigenvalue weighted by Crippen LogP contribution is 2.34. The molecule has 2 heterocycles. The fourth-order valence-corrected chi connectivity index (χ4v) is 3.33. The van der Waals surface area contributed by atoms with E-state index in [1.54, 1.807) is 24.3 Å². The van der Waals surface area contributed by atoms with Crippen LogP contribution in [0.4, 0.5) is 24.5 Å². The third-order valence-electron chi connectivity index (χ3n) is 4.64. The van der Waals surface area contributed by atoms with E-state index < -0.39 is 17.4 Å². The van der Waals surface area contributed by atoms with E-state index in [1.165, 1.54) is 30.3 Å². The lowest BCUT2D eigenvalue weighted by molar-refractivity contribution is -0.141. The molecule has 4 N–H and O–H groups in total. The standard InChI is InChI=1S/C21H14ClF3N4O/c22-12-3-7-14(8-4-12)29-19-15(9-10-16(28-19)21(23,24)25)18(27)17(20(29)30)11-1-5-13(26)6-2-11/h1-10H,26-27H2. The summed E-state index contributed by atoms with van der Waals surface area (Å²) in [5.41, 5.74) is 11.5. The smallest absolute Gasteiger partial charge is 0.399 e. The molecule has 152 valence electrons. The van der Waals surface area contributed by atoms with Crippen molar-refractivity contribution in [3.63, 3.8) is 0 Å². The van der Waals surface area contributed by atoms with Crippen molar-refractivity contribution in [2.75, 3.05) is 11.5 Å². The van der Waals surface area contributed by atoms with E-state index >= 15 is 0 Å². The molecule has 0 aliphatic rings. The molecule has 0 spiro atoms. The van der Waals surface area contributed by atoms with Crippen LogP contribution in [0.3, 0.4) is 0 Å². The topological polar surface area (TPSA) is 86.9 Å². The molecule has 0 aliphatic heterocycles. The van der Waals surface area contributed by atoms with E-state index in [-0.39, 0.29) is 22.3 Å². The van der Waals surface area contributed by atoms with Gasteiger partial charge in [-0.1, -0.05) is 23.7 Å². The van der Waals surface area contributed by atoms with E-state index in [1.807, 2.05) is 0 Å². The van der Waals surface area contributed by atoms with Crippen LogP contribution in [-0.2, 0) is 6.18 Å². The number of rotatable bonds is 2. The predicted molar refractivity (Wildman–Crippen MR) is 112 cm³/mol. The third kappa shape index (κ3) is 3.35. The number of hydrogen-bond donors (Lipinski definition) is 2. The first-order valence-electron chi connectivity index (χ1n) is 8.71. The quantitative estimate of drug-likeness (QED) is 0.443. The van der Waals surface area contributed by atoms with Crippen molar-refractivity contribution in [3.05, 3.63) is 81.7 Å². The second-order valence-corrected chi connectivity index (χ2v) is 7.03. The zero-order chi connectivity index (χ0) is 21.6. The van der Waals surface area contributed by atoms with Crippen LogP contribution in [0, 0.1) is 0 Å². The van der Waals surface area contributed by atoms with Crippen molar-refractivity contribution < 1.29 is 13.2 Å². The highest BCUT2D eigenvalue weighted by atomic mass is 35.5. The number of benzene rings is 2. The number of pyridine rings is 2. The molecule has 30 heavy (non-hydrogen) atoms. The summed E-state index contributed by atoms with van der Waals surface area (Å²) in [6.45, 7) is 0. The molecule has 0 atom stereocenters. The monoisotopic (exact) mass is 430 g/mol. The first-order chi connectivity index (χ1) is 14.2. The summed E-state index contributed by atoms with van der Waals surface area (Å²) in [6.07, 6.45) is -4.68. The van der Waals surface area contributed by atoms with Crippen LogP contribution >= 0.6 is 11.6 Å². The van der Waals surface area contributed by atoms with Crippen molar-refractivity contribution in [1.82, 2.24) is 9.55 Å². The average Bonchev–Trinajstić information content (AvgIpc) is 2.70. The molecule has 4 aromatic rings. The number of nitrogens with two attached hydrogens (primary N) is 2. The molecule has 0 aliphatic carbocycles. The van der Waals surface area contributed by atoms with Gasteiger partial charge in [-0.05, 0) is 54.1 Å². The van der Waals surface area contributed by atoms with Crippen molar-refractivity contribution >= 4 is 34.0 Å². The Bertz CT molecular complexity index is 1310. The fourth-order valence-electron chi connectivity index (χ4n) is 3.20. The van der Waals surface area contributed by atoms with Crippen LogP contribution in [0.25, 0.3) is 27.8 Å². The van der Waals surface area contributed by atoms with E-state index in [4.69, 9.17) is 23.1 Å². The maximum absolute atomic E-state index is 13.4. The summed E-state index contributed by atoms with van der Waals surface area (Å²) in [5, 5.41) is 0.624. The van der Waals surface area contributed by atoms with Crippen molar-refractivity contribution in [3.8, 4) is 16.8 Å². The van der Waals surface area contributed by atoms with Crippen LogP contribution in [0.2, 0.25) is 5.02 Å². The summed E-state index contributed by atoms with van der Waals surface area (Å²) in [6, 6.07) is 14.6. The third-order valence-corrected chi connectivity index (χ3v) is 4.89. The normalized spacial score (nSPS) is 11.7. The van der Waals surface area contributed by atoms with Gasteiger partial charge in [-0.2, -0.15) is 13.2 Å². The first-order valence-corrected chi connectivity index (χ1v) is 9.09. The second kappa shape index (κ2) is 7.07. The number of halogens is 4. The molecule has 0 unspecified atom stereocenters. The molecular weight excluding hydrogens is 417 g/mol. The Hall–Kier alpha value is -3.52. The summed E-state index contributed by atoms with van der Waals surface area (Å²) in [5.74, 6) is 0. The Balaban J connectivity index is 2.14. The molecule has 2 aromatic heterocycles. The summed E-state index contributed by atoms with van der Waals surface area (Å²) < 4.78 is 40.9. The minimum absolute atomic E-state index is 0.0335. The average molecular weight is 431 g/mol. The highest BCUT2D eigenvalue weighted by molar-refractivity contribution is 6.30. The SMILES string of the molecule is Nc1ccc(-c2c(N)c3ccc(C(F)(F)F)nc3n(-c3ccc(Cl)cc3)c2=O)cc1. The molecule has 2 aromatic carbocycles. The number of nitrogens with zero attached hydrogens (tertiary/aromatic N) is 2. The van der Waals surface area contributed by atoms with Gasteiger partial charge in [0.25, 0.3) is 5.56 Å². The Morgan fingerprint density at radius 1 is 0.900 bits per heavy atom. The lowest BCUT2D eigenvalue weighted by Gasteiger charge is -2.17. The summed E-state index contributed by atoms with van der Waals surface area (Å²) >= 11 is 5.93. The molecule has 4 rings (SSSR count). The van der Waals surface area contributed by atoms with Gasteiger partial charge in [-0.3, -0.25) is 9.36 Å². The fraction of sp³-hybridized carbons (Fsp3) is 0.0476. The van der Waals surface area contributed by atoms with Gasteiger partial charge in [0.1, 0.15) is 11.3 Å². The van der Waals surface area contributed by atoms with Crippen LogP contribution in [0.1, 0.15) is 5.69 Å². The lowest BCUT2D eigenvalue weighted by Crippen LogP contribution is -2.24. The molecular formula is C21H14ClF3N4O. The van der Waals surface area contributed by atoms with E-state index in [0.717, 1.165) is 10.6 Å². The van der Waals surface area contributed by atoms with Gasteiger partial charge in [-0.15, -0.1) is 0 Å². The molecule has 9 heteroatoms. The zero-order valence-electron chi connectivity index (χ0n) is 15.2. The Labute approximate surface area is 173 Å². The van der Waals surface area contributed by atoms with Gasteiger partial charge in [0.15, 0.2) is 0 Å². The van der Waals surface area contributed by atoms with Crippen LogP contribution in [0.15, 0.2) is 65.5 Å². The van der Waals surface area contributed by atoms with E-state index in [9.17, 15) is 18.0 Å². The predicted octanol–water partition coefficient (Wildman–Crippen LogP) is 4.89. The van der Waals surface area contributed by atoms with Crippen molar-refractivity contribution in [2.45, 2.75) is 6.18 Å². The largest absolute Gasteiger partial charge is 0.433 e. The maximum atomic E-state index is 13.4. The number of nitrogen functional groups attached to an aromatic ring is 2. The number of alkyl halides is 3. The molecule has 0 fully saturated rings. The van der Waals surface area contributed by atoms with Gasteiger partial charge < -0.3 is 11.5 Å². The highest BCUT2D eigenvalue weighted by Gasteiger charge is 2.33. The molecule has 0 bridgehead atoms. The van der Waals surface area contributed by atoms with Crippen LogP contribution in [-0.4, -0.2) is 9.55 Å². The van der Waals surface area contributed by atoms with Gasteiger partial charge in [0.05, 0.1) is 16.9 Å². The minimum Gasteiger partial charge on any atom is -0.399 e. The number of aromatic nitrogens is 2. The lowest BCUT2D eigenvalue weighted by atomic mass is 10.0.